The van der Waals surface area contributed by atoms with Crippen molar-refractivity contribution in [3.05, 3.63) is 59.2 Å². The van der Waals surface area contributed by atoms with Gasteiger partial charge in [-0.05, 0) is 60.1 Å². The lowest BCUT2D eigenvalue weighted by Crippen LogP contribution is -2.36. The van der Waals surface area contributed by atoms with Crippen LogP contribution in [0.4, 0.5) is 5.69 Å². The summed E-state index contributed by atoms with van der Waals surface area (Å²) in [7, 11) is 0. The zero-order valence-electron chi connectivity index (χ0n) is 12.4. The van der Waals surface area contributed by atoms with Crippen LogP contribution < -0.4 is 4.90 Å². The Kier molecular flexibility index (Phi) is 2.91. The first kappa shape index (κ1) is 12.8. The average molecular weight is 279 g/mol. The second-order valence-electron chi connectivity index (χ2n) is 6.53. The van der Waals surface area contributed by atoms with Crippen molar-refractivity contribution in [3.8, 4) is 5.75 Å². The number of fused-ring (bicyclic) bond motifs is 2. The third-order valence-corrected chi connectivity index (χ3v) is 4.93. The van der Waals surface area contributed by atoms with E-state index >= 15 is 0 Å². The molecule has 1 heterocycles. The van der Waals surface area contributed by atoms with E-state index in [1.54, 1.807) is 0 Å². The number of nitrogens with zero attached hydrogens (tertiary/aromatic N) is 1. The molecule has 2 aromatic carbocycles. The van der Waals surface area contributed by atoms with Gasteiger partial charge in [-0.25, -0.2) is 0 Å². The molecule has 4 rings (SSSR count). The van der Waals surface area contributed by atoms with E-state index in [9.17, 15) is 5.11 Å². The standard InChI is InChI=1S/C19H21NO/c1-13-10-15-4-2-3-5-18(15)20(12-13)19-9-6-14-11-16(21)7-8-17(14)19/h2-5,7-8,11,13,19,21H,6,9-10,12H2,1H3. The Morgan fingerprint density at radius 3 is 2.86 bits per heavy atom. The van der Waals surface area contributed by atoms with Gasteiger partial charge in [-0.15, -0.1) is 0 Å². The molecule has 0 bridgehead atoms. The molecule has 1 N–H and O–H groups in total. The second-order valence-corrected chi connectivity index (χ2v) is 6.53. The van der Waals surface area contributed by atoms with E-state index in [1.807, 2.05) is 12.1 Å². The fourth-order valence-corrected chi connectivity index (χ4v) is 4.04. The van der Waals surface area contributed by atoms with Crippen LogP contribution in [0, 0.1) is 5.92 Å². The molecular weight excluding hydrogens is 258 g/mol. The summed E-state index contributed by atoms with van der Waals surface area (Å²) in [5.41, 5.74) is 5.59. The fourth-order valence-electron chi connectivity index (χ4n) is 4.04. The summed E-state index contributed by atoms with van der Waals surface area (Å²) in [6, 6.07) is 15.2. The van der Waals surface area contributed by atoms with E-state index in [0.717, 1.165) is 19.4 Å². The third kappa shape index (κ3) is 2.10. The molecule has 2 aromatic rings. The Bertz CT molecular complexity index is 679. The highest BCUT2D eigenvalue weighted by Crippen LogP contribution is 2.42. The molecule has 0 amide bonds. The number of hydrogen-bond acceptors (Lipinski definition) is 2. The van der Waals surface area contributed by atoms with Gasteiger partial charge < -0.3 is 10.0 Å². The van der Waals surface area contributed by atoms with Gasteiger partial charge in [0, 0.05) is 12.2 Å². The highest BCUT2D eigenvalue weighted by molar-refractivity contribution is 5.59. The molecule has 108 valence electrons. The van der Waals surface area contributed by atoms with E-state index in [0.29, 0.717) is 17.7 Å². The lowest BCUT2D eigenvalue weighted by molar-refractivity contribution is 0.474. The van der Waals surface area contributed by atoms with Gasteiger partial charge >= 0.3 is 0 Å². The number of rotatable bonds is 1. The van der Waals surface area contributed by atoms with Gasteiger partial charge in [-0.2, -0.15) is 0 Å². The molecule has 0 aromatic heterocycles. The van der Waals surface area contributed by atoms with E-state index in [4.69, 9.17) is 0 Å². The molecule has 0 saturated heterocycles. The molecule has 0 radical (unpaired) electrons. The maximum atomic E-state index is 9.68. The van der Waals surface area contributed by atoms with Crippen LogP contribution in [0.2, 0.25) is 0 Å². The Labute approximate surface area is 126 Å². The number of phenolic OH excluding ortho intramolecular Hbond substituents is 1. The van der Waals surface area contributed by atoms with Crippen molar-refractivity contribution in [1.29, 1.82) is 0 Å². The van der Waals surface area contributed by atoms with Gasteiger partial charge in [0.2, 0.25) is 0 Å². The first-order valence-electron chi connectivity index (χ1n) is 7.88. The quantitative estimate of drug-likeness (QED) is 0.850. The van der Waals surface area contributed by atoms with Crippen molar-refractivity contribution in [2.24, 2.45) is 5.92 Å². The van der Waals surface area contributed by atoms with Gasteiger partial charge in [-0.3, -0.25) is 0 Å². The minimum atomic E-state index is 0.391. The predicted octanol–water partition coefficient (Wildman–Crippen LogP) is 4.08. The Morgan fingerprint density at radius 2 is 1.95 bits per heavy atom. The Hall–Kier alpha value is -1.96. The van der Waals surface area contributed by atoms with Crippen LogP contribution in [-0.4, -0.2) is 11.7 Å². The monoisotopic (exact) mass is 279 g/mol. The van der Waals surface area contributed by atoms with Gasteiger partial charge in [0.15, 0.2) is 0 Å². The Balaban J connectivity index is 1.76. The van der Waals surface area contributed by atoms with Crippen LogP contribution in [0.5, 0.6) is 5.75 Å². The van der Waals surface area contributed by atoms with Crippen LogP contribution in [0.15, 0.2) is 42.5 Å². The topological polar surface area (TPSA) is 23.5 Å². The van der Waals surface area contributed by atoms with Gasteiger partial charge in [0.25, 0.3) is 0 Å². The summed E-state index contributed by atoms with van der Waals surface area (Å²) in [5.74, 6) is 1.09. The van der Waals surface area contributed by atoms with Crippen LogP contribution in [0.1, 0.15) is 36.1 Å². The highest BCUT2D eigenvalue weighted by Gasteiger charge is 2.32. The SMILES string of the molecule is CC1Cc2ccccc2N(C2CCc3cc(O)ccc32)C1. The zero-order chi connectivity index (χ0) is 14.4. The van der Waals surface area contributed by atoms with Crippen LogP contribution in [0.3, 0.4) is 0 Å². The largest absolute Gasteiger partial charge is 0.508 e. The minimum absolute atomic E-state index is 0.391. The van der Waals surface area contributed by atoms with Crippen molar-refractivity contribution >= 4 is 5.69 Å². The third-order valence-electron chi connectivity index (χ3n) is 4.93. The maximum Gasteiger partial charge on any atom is 0.115 e. The minimum Gasteiger partial charge on any atom is -0.508 e. The molecule has 0 saturated carbocycles. The maximum absolute atomic E-state index is 9.68. The van der Waals surface area contributed by atoms with Crippen molar-refractivity contribution in [3.63, 3.8) is 0 Å². The fraction of sp³-hybridized carbons (Fsp3) is 0.368. The number of anilines is 1. The summed E-state index contributed by atoms with van der Waals surface area (Å²) in [6.45, 7) is 3.47. The molecule has 0 spiro atoms. The normalized spacial score (nSPS) is 23.8. The molecule has 0 fully saturated rings. The van der Waals surface area contributed by atoms with Crippen LogP contribution in [-0.2, 0) is 12.8 Å². The van der Waals surface area contributed by atoms with E-state index < -0.39 is 0 Å². The lowest BCUT2D eigenvalue weighted by Gasteiger charge is -2.39. The predicted molar refractivity (Wildman–Crippen MR) is 85.8 cm³/mol. The molecule has 1 aliphatic carbocycles. The summed E-state index contributed by atoms with van der Waals surface area (Å²) in [4.78, 5) is 2.59. The number of benzene rings is 2. The molecule has 2 unspecified atom stereocenters. The molecule has 1 aliphatic heterocycles. The van der Waals surface area contributed by atoms with Crippen LogP contribution >= 0.6 is 0 Å². The van der Waals surface area contributed by atoms with Crippen molar-refractivity contribution in [2.45, 2.75) is 32.2 Å². The first-order chi connectivity index (χ1) is 10.2. The van der Waals surface area contributed by atoms with Crippen LogP contribution in [0.25, 0.3) is 0 Å². The number of aryl methyl sites for hydroxylation is 1. The Morgan fingerprint density at radius 1 is 1.10 bits per heavy atom. The molecule has 2 aliphatic rings. The molecule has 21 heavy (non-hydrogen) atoms. The number of phenols is 1. The molecule has 2 heteroatoms. The second kappa shape index (κ2) is 4.80. The van der Waals surface area contributed by atoms with E-state index in [1.165, 1.54) is 28.8 Å². The summed E-state index contributed by atoms with van der Waals surface area (Å²) >= 11 is 0. The zero-order valence-corrected chi connectivity index (χ0v) is 12.4. The molecular formula is C19H21NO. The number of aromatic hydroxyl groups is 1. The summed E-state index contributed by atoms with van der Waals surface area (Å²) < 4.78 is 0. The number of para-hydroxylation sites is 1. The molecule has 2 atom stereocenters. The van der Waals surface area contributed by atoms with Gasteiger partial charge in [0.05, 0.1) is 6.04 Å². The van der Waals surface area contributed by atoms with Crippen molar-refractivity contribution in [1.82, 2.24) is 0 Å². The summed E-state index contributed by atoms with van der Waals surface area (Å²) in [6.07, 6.45) is 3.41. The van der Waals surface area contributed by atoms with Gasteiger partial charge in [0.1, 0.15) is 5.75 Å². The van der Waals surface area contributed by atoms with E-state index in [2.05, 4.69) is 42.2 Å². The highest BCUT2D eigenvalue weighted by atomic mass is 16.3. The smallest absolute Gasteiger partial charge is 0.115 e. The van der Waals surface area contributed by atoms with Crippen molar-refractivity contribution < 1.29 is 5.11 Å². The van der Waals surface area contributed by atoms with E-state index in [-0.39, 0.29) is 0 Å². The van der Waals surface area contributed by atoms with Gasteiger partial charge in [-0.1, -0.05) is 31.2 Å². The summed E-state index contributed by atoms with van der Waals surface area (Å²) in [5, 5.41) is 9.68. The first-order valence-corrected chi connectivity index (χ1v) is 7.88. The molecule has 2 nitrogen and oxygen atoms in total. The number of hydrogen-bond donors (Lipinski definition) is 1. The lowest BCUT2D eigenvalue weighted by atomic mass is 9.91. The average Bonchev–Trinajstić information content (AvgIpc) is 2.89. The van der Waals surface area contributed by atoms with Crippen molar-refractivity contribution in [2.75, 3.05) is 11.4 Å².